The highest BCUT2D eigenvalue weighted by molar-refractivity contribution is 5.93. The van der Waals surface area contributed by atoms with E-state index < -0.39 is 47.9 Å². The Hall–Kier alpha value is -3.67. The molecule has 0 saturated heterocycles. The molecular weight excluding hydrogens is 430 g/mol. The van der Waals surface area contributed by atoms with Crippen molar-refractivity contribution in [2.45, 2.75) is 57.3 Å². The molecular formula is C21H33N7O5. The van der Waals surface area contributed by atoms with E-state index >= 15 is 0 Å². The van der Waals surface area contributed by atoms with Crippen molar-refractivity contribution in [2.24, 2.45) is 22.2 Å². The molecule has 4 atom stereocenters. The number of aliphatic imine (C=N–C) groups is 1. The monoisotopic (exact) mass is 463 g/mol. The number of hydrogen-bond acceptors (Lipinski definition) is 6. The summed E-state index contributed by atoms with van der Waals surface area (Å²) in [7, 11) is 0. The van der Waals surface area contributed by atoms with Crippen LogP contribution in [0.2, 0.25) is 0 Å². The van der Waals surface area contributed by atoms with Gasteiger partial charge in [0.15, 0.2) is 5.96 Å². The van der Waals surface area contributed by atoms with E-state index in [-0.39, 0.29) is 18.9 Å². The van der Waals surface area contributed by atoms with E-state index in [1.54, 1.807) is 0 Å². The van der Waals surface area contributed by atoms with Gasteiger partial charge in [-0.2, -0.15) is 0 Å². The molecule has 0 aliphatic heterocycles. The van der Waals surface area contributed by atoms with Gasteiger partial charge in [0.25, 0.3) is 0 Å². The van der Waals surface area contributed by atoms with Gasteiger partial charge in [-0.05, 0) is 38.7 Å². The van der Waals surface area contributed by atoms with Crippen LogP contribution in [0.1, 0.15) is 32.3 Å². The maximum Gasteiger partial charge on any atom is 0.326 e. The highest BCUT2D eigenvalue weighted by Gasteiger charge is 2.26. The van der Waals surface area contributed by atoms with Crippen molar-refractivity contribution in [2.75, 3.05) is 6.54 Å². The van der Waals surface area contributed by atoms with Crippen molar-refractivity contribution in [1.82, 2.24) is 16.0 Å². The number of carboxylic acid groups (broad SMARTS) is 1. The summed E-state index contributed by atoms with van der Waals surface area (Å²) in [6.07, 6.45) is 0.742. The number of hydrogen-bond donors (Lipinski definition) is 7. The molecule has 1 aromatic rings. The first-order chi connectivity index (χ1) is 15.5. The summed E-state index contributed by atoms with van der Waals surface area (Å²) >= 11 is 0. The zero-order valence-corrected chi connectivity index (χ0v) is 18.8. The maximum atomic E-state index is 12.4. The van der Waals surface area contributed by atoms with Crippen molar-refractivity contribution >= 4 is 29.7 Å². The van der Waals surface area contributed by atoms with Crippen molar-refractivity contribution in [1.29, 1.82) is 0 Å². The minimum absolute atomic E-state index is 0.101. The topological polar surface area (TPSA) is 215 Å². The number of carboxylic acids is 1. The highest BCUT2D eigenvalue weighted by atomic mass is 16.4. The normalized spacial score (nSPS) is 14.2. The fourth-order valence-corrected chi connectivity index (χ4v) is 2.81. The molecule has 182 valence electrons. The number of nitrogens with one attached hydrogen (secondary N) is 3. The van der Waals surface area contributed by atoms with Crippen molar-refractivity contribution in [3.8, 4) is 0 Å². The predicted octanol–water partition coefficient (Wildman–Crippen LogP) is -1.81. The lowest BCUT2D eigenvalue weighted by Gasteiger charge is -2.21. The Morgan fingerprint density at radius 3 is 2.03 bits per heavy atom. The second-order valence-electron chi connectivity index (χ2n) is 7.60. The number of amides is 3. The van der Waals surface area contributed by atoms with E-state index in [0.717, 1.165) is 5.56 Å². The van der Waals surface area contributed by atoms with Crippen LogP contribution < -0.4 is 33.2 Å². The number of nitrogens with two attached hydrogens (primary N) is 3. The van der Waals surface area contributed by atoms with Crippen LogP contribution in [0, 0.1) is 0 Å². The standard InChI is InChI=1S/C21H33N7O5/c1-12(27-19(31)15(22)11-14-7-4-3-5-8-14)17(29)26-13(2)18(30)28-16(20(32)33)9-6-10-25-21(23)24/h3-5,7-8,12-13,15-16H,6,9-11,22H2,1-2H3,(H,26,29)(H,27,31)(H,28,30)(H,32,33)(H4,23,24,25). The molecule has 0 aliphatic rings. The van der Waals surface area contributed by atoms with Crippen molar-refractivity contribution in [3.63, 3.8) is 0 Å². The van der Waals surface area contributed by atoms with E-state index in [0.29, 0.717) is 12.8 Å². The average Bonchev–Trinajstić information content (AvgIpc) is 2.75. The number of guanidine groups is 1. The number of rotatable bonds is 13. The first kappa shape index (κ1) is 27.4. The third kappa shape index (κ3) is 10.5. The Morgan fingerprint density at radius 1 is 0.939 bits per heavy atom. The molecule has 0 heterocycles. The summed E-state index contributed by atoms with van der Waals surface area (Å²) in [6, 6.07) is 5.20. The van der Waals surface area contributed by atoms with Gasteiger partial charge < -0.3 is 38.3 Å². The van der Waals surface area contributed by atoms with Crippen LogP contribution in [0.15, 0.2) is 35.3 Å². The molecule has 0 spiro atoms. The molecule has 3 amide bonds. The summed E-state index contributed by atoms with van der Waals surface area (Å²) in [4.78, 5) is 52.1. The molecule has 0 fully saturated rings. The molecule has 12 heteroatoms. The lowest BCUT2D eigenvalue weighted by atomic mass is 10.1. The molecule has 0 radical (unpaired) electrons. The Labute approximate surface area is 192 Å². The van der Waals surface area contributed by atoms with Gasteiger partial charge >= 0.3 is 5.97 Å². The van der Waals surface area contributed by atoms with Gasteiger partial charge in [-0.1, -0.05) is 30.3 Å². The predicted molar refractivity (Wildman–Crippen MR) is 123 cm³/mol. The molecule has 4 unspecified atom stereocenters. The Balaban J connectivity index is 2.51. The summed E-state index contributed by atoms with van der Waals surface area (Å²) in [5.74, 6) is -3.14. The van der Waals surface area contributed by atoms with Crippen molar-refractivity contribution in [3.05, 3.63) is 35.9 Å². The first-order valence-electron chi connectivity index (χ1n) is 10.5. The number of carbonyl (C=O) groups excluding carboxylic acids is 3. The van der Waals surface area contributed by atoms with E-state index in [9.17, 15) is 24.3 Å². The number of benzene rings is 1. The molecule has 33 heavy (non-hydrogen) atoms. The molecule has 1 rings (SSSR count). The van der Waals surface area contributed by atoms with Gasteiger partial charge in [0.05, 0.1) is 6.04 Å². The van der Waals surface area contributed by atoms with E-state index in [2.05, 4.69) is 20.9 Å². The fourth-order valence-electron chi connectivity index (χ4n) is 2.81. The molecule has 1 aromatic carbocycles. The second kappa shape index (κ2) is 13.7. The molecule has 0 aromatic heterocycles. The van der Waals surface area contributed by atoms with Crippen LogP contribution >= 0.6 is 0 Å². The largest absolute Gasteiger partial charge is 0.480 e. The molecule has 0 saturated carbocycles. The number of nitrogens with zero attached hydrogens (tertiary/aromatic N) is 1. The van der Waals surface area contributed by atoms with Gasteiger partial charge in [-0.15, -0.1) is 0 Å². The molecule has 12 nitrogen and oxygen atoms in total. The van der Waals surface area contributed by atoms with E-state index in [1.165, 1.54) is 13.8 Å². The zero-order chi connectivity index (χ0) is 25.0. The van der Waals surface area contributed by atoms with Crippen LogP contribution in [0.5, 0.6) is 0 Å². The Bertz CT molecular complexity index is 843. The number of carbonyl (C=O) groups is 4. The van der Waals surface area contributed by atoms with Gasteiger partial charge in [0, 0.05) is 6.54 Å². The fraction of sp³-hybridized carbons (Fsp3) is 0.476. The van der Waals surface area contributed by atoms with Gasteiger partial charge in [-0.25, -0.2) is 4.79 Å². The average molecular weight is 464 g/mol. The molecule has 0 bridgehead atoms. The van der Waals surface area contributed by atoms with Crippen LogP contribution in [-0.2, 0) is 25.6 Å². The van der Waals surface area contributed by atoms with Crippen LogP contribution in [0.4, 0.5) is 0 Å². The van der Waals surface area contributed by atoms with Gasteiger partial charge in [0.2, 0.25) is 17.7 Å². The SMILES string of the molecule is CC(NC(=O)C(N)Cc1ccccc1)C(=O)NC(C)C(=O)NC(CCCN=C(N)N)C(=O)O. The summed E-state index contributed by atoms with van der Waals surface area (Å²) in [5.41, 5.74) is 17.2. The van der Waals surface area contributed by atoms with Gasteiger partial charge in [0.1, 0.15) is 18.1 Å². The van der Waals surface area contributed by atoms with Gasteiger partial charge in [-0.3, -0.25) is 19.4 Å². The van der Waals surface area contributed by atoms with E-state index in [1.807, 2.05) is 30.3 Å². The van der Waals surface area contributed by atoms with Crippen LogP contribution in [-0.4, -0.2) is 65.5 Å². The quantitative estimate of drug-likeness (QED) is 0.100. The minimum atomic E-state index is -1.22. The summed E-state index contributed by atoms with van der Waals surface area (Å²) < 4.78 is 0. The number of aliphatic carboxylic acids is 1. The Kier molecular flexibility index (Phi) is 11.3. The lowest BCUT2D eigenvalue weighted by Crippen LogP contribution is -2.55. The third-order valence-electron chi connectivity index (χ3n) is 4.70. The van der Waals surface area contributed by atoms with E-state index in [4.69, 9.17) is 17.2 Å². The third-order valence-corrected chi connectivity index (χ3v) is 4.70. The first-order valence-corrected chi connectivity index (χ1v) is 10.5. The summed E-state index contributed by atoms with van der Waals surface area (Å²) in [5, 5.41) is 16.6. The second-order valence-corrected chi connectivity index (χ2v) is 7.60. The Morgan fingerprint density at radius 2 is 1.48 bits per heavy atom. The smallest absolute Gasteiger partial charge is 0.326 e. The summed E-state index contributed by atoms with van der Waals surface area (Å²) in [6.45, 7) is 3.08. The zero-order valence-electron chi connectivity index (χ0n) is 18.8. The van der Waals surface area contributed by atoms with Crippen LogP contribution in [0.3, 0.4) is 0 Å². The highest BCUT2D eigenvalue weighted by Crippen LogP contribution is 2.03. The maximum absolute atomic E-state index is 12.4. The van der Waals surface area contributed by atoms with Crippen LogP contribution in [0.25, 0.3) is 0 Å². The molecule has 0 aliphatic carbocycles. The van der Waals surface area contributed by atoms with Crippen molar-refractivity contribution < 1.29 is 24.3 Å². The lowest BCUT2D eigenvalue weighted by molar-refractivity contribution is -0.142. The molecule has 10 N–H and O–H groups in total. The minimum Gasteiger partial charge on any atom is -0.480 e.